The number of rotatable bonds is 6. The van der Waals surface area contributed by atoms with E-state index in [9.17, 15) is 18.4 Å². The highest BCUT2D eigenvalue weighted by Gasteiger charge is 2.42. The molecule has 3 rings (SSSR count). The fraction of sp³-hybridized carbons (Fsp3) is 0.611. The summed E-state index contributed by atoms with van der Waals surface area (Å²) in [6.07, 6.45) is 2.97. The van der Waals surface area contributed by atoms with Gasteiger partial charge in [0.15, 0.2) is 6.61 Å². The van der Waals surface area contributed by atoms with Crippen molar-refractivity contribution in [1.82, 2.24) is 15.2 Å². The molecular weight excluding hydrogens is 360 g/mol. The third-order valence-corrected chi connectivity index (χ3v) is 5.00. The van der Waals surface area contributed by atoms with Gasteiger partial charge in [0, 0.05) is 30.4 Å². The maximum atomic E-state index is 14.2. The Morgan fingerprint density at radius 3 is 2.78 bits per heavy atom. The lowest BCUT2D eigenvalue weighted by Gasteiger charge is -2.36. The van der Waals surface area contributed by atoms with Crippen LogP contribution < -0.4 is 10.1 Å². The van der Waals surface area contributed by atoms with E-state index in [0.717, 1.165) is 18.4 Å². The van der Waals surface area contributed by atoms with Gasteiger partial charge in [-0.25, -0.2) is 9.78 Å². The minimum absolute atomic E-state index is 0.149. The summed E-state index contributed by atoms with van der Waals surface area (Å²) in [5, 5.41) is 11.4. The van der Waals surface area contributed by atoms with Crippen molar-refractivity contribution in [2.75, 3.05) is 13.2 Å². The summed E-state index contributed by atoms with van der Waals surface area (Å²) >= 11 is 0. The van der Waals surface area contributed by atoms with E-state index in [0.29, 0.717) is 12.8 Å². The zero-order chi connectivity index (χ0) is 19.6. The van der Waals surface area contributed by atoms with Gasteiger partial charge < -0.3 is 20.1 Å². The fourth-order valence-corrected chi connectivity index (χ4v) is 3.33. The highest BCUT2D eigenvalue weighted by Crippen LogP contribution is 2.43. The van der Waals surface area contributed by atoms with Gasteiger partial charge in [-0.2, -0.15) is 8.78 Å². The SMILES string of the molecule is CC1CC(NC(=O)C(F)(F)COc2ncccc2C2CC2)CCN1C(=O)O. The summed E-state index contributed by atoms with van der Waals surface area (Å²) in [7, 11) is 0. The van der Waals surface area contributed by atoms with Crippen molar-refractivity contribution in [2.24, 2.45) is 0 Å². The Bertz CT molecular complexity index is 712. The maximum absolute atomic E-state index is 14.2. The largest absolute Gasteiger partial charge is 0.470 e. The van der Waals surface area contributed by atoms with Crippen LogP contribution in [0.25, 0.3) is 0 Å². The topological polar surface area (TPSA) is 91.8 Å². The lowest BCUT2D eigenvalue weighted by atomic mass is 9.98. The molecule has 1 aromatic heterocycles. The first-order chi connectivity index (χ1) is 12.8. The Balaban J connectivity index is 1.54. The summed E-state index contributed by atoms with van der Waals surface area (Å²) in [5.74, 6) is -4.67. The maximum Gasteiger partial charge on any atom is 0.407 e. The van der Waals surface area contributed by atoms with Crippen molar-refractivity contribution in [2.45, 2.75) is 56.5 Å². The third-order valence-electron chi connectivity index (χ3n) is 5.00. The highest BCUT2D eigenvalue weighted by molar-refractivity contribution is 5.83. The molecule has 2 heterocycles. The highest BCUT2D eigenvalue weighted by atomic mass is 19.3. The van der Waals surface area contributed by atoms with E-state index in [1.165, 1.54) is 11.1 Å². The van der Waals surface area contributed by atoms with Crippen LogP contribution in [0.15, 0.2) is 18.3 Å². The number of aromatic nitrogens is 1. The molecule has 1 aliphatic heterocycles. The lowest BCUT2D eigenvalue weighted by Crippen LogP contribution is -2.54. The van der Waals surface area contributed by atoms with Crippen molar-refractivity contribution in [3.8, 4) is 5.88 Å². The van der Waals surface area contributed by atoms with Crippen molar-refractivity contribution >= 4 is 12.0 Å². The molecule has 2 unspecified atom stereocenters. The van der Waals surface area contributed by atoms with Crippen molar-refractivity contribution in [3.63, 3.8) is 0 Å². The molecule has 9 heteroatoms. The average molecular weight is 383 g/mol. The van der Waals surface area contributed by atoms with Gasteiger partial charge in [-0.05, 0) is 44.6 Å². The Labute approximate surface area is 155 Å². The number of amides is 2. The number of nitrogens with one attached hydrogen (secondary N) is 1. The molecule has 2 N–H and O–H groups in total. The van der Waals surface area contributed by atoms with Gasteiger partial charge in [0.25, 0.3) is 5.91 Å². The molecule has 0 spiro atoms. The molecular formula is C18H23F2N3O4. The van der Waals surface area contributed by atoms with E-state index in [1.54, 1.807) is 19.1 Å². The molecule has 1 aliphatic carbocycles. The van der Waals surface area contributed by atoms with E-state index in [-0.39, 0.29) is 24.4 Å². The van der Waals surface area contributed by atoms with Gasteiger partial charge >= 0.3 is 12.0 Å². The first-order valence-corrected chi connectivity index (χ1v) is 9.04. The minimum Gasteiger partial charge on any atom is -0.470 e. The molecule has 27 heavy (non-hydrogen) atoms. The van der Waals surface area contributed by atoms with Crippen LogP contribution in [0.1, 0.15) is 44.1 Å². The molecule has 2 atom stereocenters. The monoisotopic (exact) mass is 383 g/mol. The second-order valence-electron chi connectivity index (χ2n) is 7.18. The predicted octanol–water partition coefficient (Wildman–Crippen LogP) is 2.62. The number of ether oxygens (including phenoxy) is 1. The number of carbonyl (C=O) groups excluding carboxylic acids is 1. The predicted molar refractivity (Wildman–Crippen MR) is 92.0 cm³/mol. The number of likely N-dealkylation sites (tertiary alicyclic amines) is 1. The van der Waals surface area contributed by atoms with Gasteiger partial charge in [0.2, 0.25) is 5.88 Å². The molecule has 1 saturated carbocycles. The number of hydrogen-bond acceptors (Lipinski definition) is 4. The Hall–Kier alpha value is -2.45. The number of halogens is 2. The van der Waals surface area contributed by atoms with Crippen LogP contribution in [0, 0.1) is 0 Å². The quantitative estimate of drug-likeness (QED) is 0.788. The molecule has 2 amide bonds. The minimum atomic E-state index is -3.70. The van der Waals surface area contributed by atoms with Crippen LogP contribution in [-0.4, -0.2) is 58.1 Å². The molecule has 148 valence electrons. The number of piperidine rings is 1. The summed E-state index contributed by atoms with van der Waals surface area (Å²) in [5.41, 5.74) is 0.795. The van der Waals surface area contributed by atoms with E-state index >= 15 is 0 Å². The van der Waals surface area contributed by atoms with Crippen molar-refractivity contribution in [1.29, 1.82) is 0 Å². The third kappa shape index (κ3) is 4.64. The van der Waals surface area contributed by atoms with Crippen molar-refractivity contribution in [3.05, 3.63) is 23.9 Å². The molecule has 0 aromatic carbocycles. The summed E-state index contributed by atoms with van der Waals surface area (Å²) in [6.45, 7) is 0.801. The number of nitrogens with zero attached hydrogens (tertiary/aromatic N) is 2. The van der Waals surface area contributed by atoms with Crippen LogP contribution >= 0.6 is 0 Å². The van der Waals surface area contributed by atoms with E-state index in [1.807, 2.05) is 0 Å². The number of carbonyl (C=O) groups is 2. The standard InChI is InChI=1S/C18H23F2N3O4/c1-11-9-13(6-8-23(11)17(25)26)22-16(24)18(19,20)10-27-15-14(12-4-5-12)3-2-7-21-15/h2-3,7,11-13H,4-6,8-10H2,1H3,(H,22,24)(H,25,26). The first kappa shape index (κ1) is 19.3. The number of hydrogen-bond donors (Lipinski definition) is 2. The average Bonchev–Trinajstić information content (AvgIpc) is 3.45. The van der Waals surface area contributed by atoms with Gasteiger partial charge in [-0.15, -0.1) is 0 Å². The van der Waals surface area contributed by atoms with E-state index < -0.39 is 30.6 Å². The van der Waals surface area contributed by atoms with Gasteiger partial charge in [0.05, 0.1) is 0 Å². The normalized spacial score (nSPS) is 23.0. The first-order valence-electron chi connectivity index (χ1n) is 9.04. The van der Waals surface area contributed by atoms with Gasteiger partial charge in [-0.3, -0.25) is 4.79 Å². The molecule has 2 fully saturated rings. The molecule has 0 bridgehead atoms. The van der Waals surface area contributed by atoms with E-state index in [2.05, 4.69) is 10.3 Å². The second-order valence-corrected chi connectivity index (χ2v) is 7.18. The number of pyridine rings is 1. The van der Waals surface area contributed by atoms with Crippen molar-refractivity contribution < 1.29 is 28.2 Å². The number of alkyl halides is 2. The van der Waals surface area contributed by atoms with Gasteiger partial charge in [0.1, 0.15) is 0 Å². The van der Waals surface area contributed by atoms with Crippen LogP contribution in [0.2, 0.25) is 0 Å². The Morgan fingerprint density at radius 2 is 2.15 bits per heavy atom. The molecule has 1 saturated heterocycles. The Kier molecular flexibility index (Phi) is 5.48. The smallest absolute Gasteiger partial charge is 0.407 e. The molecule has 7 nitrogen and oxygen atoms in total. The zero-order valence-electron chi connectivity index (χ0n) is 15.0. The lowest BCUT2D eigenvalue weighted by molar-refractivity contribution is -0.151. The zero-order valence-corrected chi connectivity index (χ0v) is 15.0. The van der Waals surface area contributed by atoms with E-state index in [4.69, 9.17) is 9.84 Å². The van der Waals surface area contributed by atoms with Gasteiger partial charge in [-0.1, -0.05) is 6.07 Å². The van der Waals surface area contributed by atoms with Crippen LogP contribution in [0.5, 0.6) is 5.88 Å². The molecule has 1 aromatic rings. The fourth-order valence-electron chi connectivity index (χ4n) is 3.33. The van der Waals surface area contributed by atoms with Crippen LogP contribution in [-0.2, 0) is 4.79 Å². The molecule has 2 aliphatic rings. The van der Waals surface area contributed by atoms with Crippen LogP contribution in [0.3, 0.4) is 0 Å². The second kappa shape index (κ2) is 7.66. The number of carboxylic acid groups (broad SMARTS) is 1. The summed E-state index contributed by atoms with van der Waals surface area (Å²) in [4.78, 5) is 28.3. The summed E-state index contributed by atoms with van der Waals surface area (Å²) in [6, 6.07) is 2.69. The van der Waals surface area contributed by atoms with Crippen LogP contribution in [0.4, 0.5) is 13.6 Å². The Morgan fingerprint density at radius 1 is 1.41 bits per heavy atom. The summed E-state index contributed by atoms with van der Waals surface area (Å²) < 4.78 is 33.7. The molecule has 0 radical (unpaired) electrons.